The molecule has 0 spiro atoms. The lowest BCUT2D eigenvalue weighted by Crippen LogP contribution is -2.42. The third kappa shape index (κ3) is 3.75. The van der Waals surface area contributed by atoms with Gasteiger partial charge >= 0.3 is 0 Å². The van der Waals surface area contributed by atoms with Crippen molar-refractivity contribution in [3.8, 4) is 5.75 Å². The van der Waals surface area contributed by atoms with Gasteiger partial charge in [-0.1, -0.05) is 24.3 Å². The topological polar surface area (TPSA) is 66.9 Å². The number of amides is 2. The van der Waals surface area contributed by atoms with E-state index in [0.29, 0.717) is 30.1 Å². The van der Waals surface area contributed by atoms with Gasteiger partial charge in [0.1, 0.15) is 5.75 Å². The van der Waals surface area contributed by atoms with Gasteiger partial charge in [0.05, 0.1) is 5.69 Å². The highest BCUT2D eigenvalue weighted by Gasteiger charge is 2.29. The Balaban J connectivity index is 1.39. The number of ketones is 1. The average molecular weight is 392 g/mol. The summed E-state index contributed by atoms with van der Waals surface area (Å²) >= 11 is 0. The Morgan fingerprint density at radius 1 is 1.10 bits per heavy atom. The number of rotatable bonds is 4. The van der Waals surface area contributed by atoms with Crippen molar-refractivity contribution < 1.29 is 19.1 Å². The van der Waals surface area contributed by atoms with E-state index in [1.165, 1.54) is 16.0 Å². The quantitative estimate of drug-likeness (QED) is 0.751. The Bertz CT molecular complexity index is 985. The molecular weight excluding hydrogens is 368 g/mol. The molecule has 2 amide bonds. The van der Waals surface area contributed by atoms with Crippen LogP contribution in [0.4, 0.5) is 5.69 Å². The predicted molar refractivity (Wildman–Crippen MR) is 109 cm³/mol. The van der Waals surface area contributed by atoms with Crippen LogP contribution in [0.5, 0.6) is 5.75 Å². The second-order valence-corrected chi connectivity index (χ2v) is 7.60. The number of anilines is 1. The van der Waals surface area contributed by atoms with Gasteiger partial charge in [-0.05, 0) is 42.7 Å². The first-order valence-electron chi connectivity index (χ1n) is 9.90. The van der Waals surface area contributed by atoms with E-state index in [4.69, 9.17) is 4.74 Å². The van der Waals surface area contributed by atoms with Crippen molar-refractivity contribution in [1.29, 1.82) is 0 Å². The van der Waals surface area contributed by atoms with Crippen LogP contribution in [0.1, 0.15) is 41.3 Å². The Morgan fingerprint density at radius 2 is 1.86 bits per heavy atom. The lowest BCUT2D eigenvalue weighted by molar-refractivity contribution is -0.132. The van der Waals surface area contributed by atoms with E-state index in [1.54, 1.807) is 32.2 Å². The zero-order valence-corrected chi connectivity index (χ0v) is 16.7. The molecule has 150 valence electrons. The zero-order chi connectivity index (χ0) is 20.5. The maximum Gasteiger partial charge on any atom is 0.267 e. The van der Waals surface area contributed by atoms with Gasteiger partial charge in [0, 0.05) is 38.5 Å². The van der Waals surface area contributed by atoms with Crippen molar-refractivity contribution in [3.05, 3.63) is 59.2 Å². The number of carbonyl (C=O) groups excluding carboxylic acids is 3. The third-order valence-corrected chi connectivity index (χ3v) is 5.67. The number of ether oxygens (including phenoxy) is 1. The van der Waals surface area contributed by atoms with Crippen molar-refractivity contribution >= 4 is 23.3 Å². The Morgan fingerprint density at radius 3 is 2.66 bits per heavy atom. The lowest BCUT2D eigenvalue weighted by atomic mass is 9.99. The van der Waals surface area contributed by atoms with E-state index in [2.05, 4.69) is 6.07 Å². The summed E-state index contributed by atoms with van der Waals surface area (Å²) < 4.78 is 5.59. The highest BCUT2D eigenvalue weighted by molar-refractivity contribution is 6.03. The number of likely N-dealkylation sites (N-methyl/N-ethyl adjacent to an activating group) is 1. The second-order valence-electron chi connectivity index (χ2n) is 7.60. The van der Waals surface area contributed by atoms with Gasteiger partial charge in [0.2, 0.25) is 5.91 Å². The highest BCUT2D eigenvalue weighted by atomic mass is 16.5. The molecule has 2 heterocycles. The van der Waals surface area contributed by atoms with E-state index in [0.717, 1.165) is 6.42 Å². The molecule has 0 saturated heterocycles. The van der Waals surface area contributed by atoms with Crippen LogP contribution < -0.4 is 9.64 Å². The minimum atomic E-state index is -0.540. The average Bonchev–Trinajstić information content (AvgIpc) is 2.75. The standard InChI is InChI=1S/C23H24N2O4/c1-15-23(28)24(2)19-13-17(7-9-21(19)29-15)20(26)8-10-22(27)25-12-11-16-5-3-4-6-18(16)14-25/h3-7,9,13,15H,8,10-12,14H2,1-2H3. The summed E-state index contributed by atoms with van der Waals surface area (Å²) in [5, 5.41) is 0. The summed E-state index contributed by atoms with van der Waals surface area (Å²) in [5.41, 5.74) is 3.53. The molecule has 4 rings (SSSR count). The first kappa shape index (κ1) is 19.2. The van der Waals surface area contributed by atoms with Gasteiger partial charge in [-0.15, -0.1) is 0 Å². The number of carbonyl (C=O) groups is 3. The van der Waals surface area contributed by atoms with Crippen LogP contribution in [-0.4, -0.2) is 42.2 Å². The number of hydrogen-bond donors (Lipinski definition) is 0. The highest BCUT2D eigenvalue weighted by Crippen LogP contribution is 2.34. The van der Waals surface area contributed by atoms with Crippen LogP contribution >= 0.6 is 0 Å². The van der Waals surface area contributed by atoms with E-state index in [-0.39, 0.29) is 30.4 Å². The van der Waals surface area contributed by atoms with Gasteiger partial charge in [-0.25, -0.2) is 0 Å². The molecule has 6 heteroatoms. The molecule has 0 N–H and O–H groups in total. The van der Waals surface area contributed by atoms with Gasteiger partial charge < -0.3 is 14.5 Å². The Labute approximate surface area is 170 Å². The van der Waals surface area contributed by atoms with Gasteiger partial charge in [-0.3, -0.25) is 14.4 Å². The van der Waals surface area contributed by atoms with E-state index in [9.17, 15) is 14.4 Å². The minimum Gasteiger partial charge on any atom is -0.479 e. The van der Waals surface area contributed by atoms with E-state index in [1.807, 2.05) is 23.1 Å². The molecule has 0 bridgehead atoms. The molecule has 0 saturated carbocycles. The predicted octanol–water partition coefficient (Wildman–Crippen LogP) is 2.98. The van der Waals surface area contributed by atoms with Crippen molar-refractivity contribution in [2.24, 2.45) is 0 Å². The third-order valence-electron chi connectivity index (χ3n) is 5.67. The summed E-state index contributed by atoms with van der Waals surface area (Å²) in [6, 6.07) is 13.2. The number of nitrogens with zero attached hydrogens (tertiary/aromatic N) is 2. The van der Waals surface area contributed by atoms with E-state index < -0.39 is 6.10 Å². The molecule has 2 aliphatic rings. The summed E-state index contributed by atoms with van der Waals surface area (Å²) in [4.78, 5) is 40.7. The van der Waals surface area contributed by atoms with Gasteiger partial charge in [0.15, 0.2) is 11.9 Å². The molecule has 29 heavy (non-hydrogen) atoms. The van der Waals surface area contributed by atoms with Crippen LogP contribution in [-0.2, 0) is 22.6 Å². The largest absolute Gasteiger partial charge is 0.479 e. The number of hydrogen-bond acceptors (Lipinski definition) is 4. The van der Waals surface area contributed by atoms with Crippen molar-refractivity contribution in [2.75, 3.05) is 18.5 Å². The smallest absolute Gasteiger partial charge is 0.267 e. The molecule has 0 aliphatic carbocycles. The van der Waals surface area contributed by atoms with Crippen LogP contribution in [0.25, 0.3) is 0 Å². The van der Waals surface area contributed by atoms with Crippen molar-refractivity contribution in [2.45, 2.75) is 38.8 Å². The molecule has 1 unspecified atom stereocenters. The summed E-state index contributed by atoms with van der Waals surface area (Å²) in [6.07, 6.45) is 0.631. The zero-order valence-electron chi connectivity index (χ0n) is 16.7. The fourth-order valence-corrected chi connectivity index (χ4v) is 3.92. The molecule has 0 radical (unpaired) electrons. The first-order chi connectivity index (χ1) is 13.9. The summed E-state index contributed by atoms with van der Waals surface area (Å²) in [5.74, 6) is 0.315. The van der Waals surface area contributed by atoms with Crippen LogP contribution in [0.15, 0.2) is 42.5 Å². The van der Waals surface area contributed by atoms with E-state index >= 15 is 0 Å². The van der Waals surface area contributed by atoms with Gasteiger partial charge in [-0.2, -0.15) is 0 Å². The van der Waals surface area contributed by atoms with Crippen LogP contribution in [0.2, 0.25) is 0 Å². The fraction of sp³-hybridized carbons (Fsp3) is 0.348. The minimum absolute atomic E-state index is 0.00438. The maximum atomic E-state index is 12.7. The molecule has 2 aromatic rings. The SMILES string of the molecule is CC1Oc2ccc(C(=O)CCC(=O)N3CCc4ccccc4C3)cc2N(C)C1=O. The number of fused-ring (bicyclic) bond motifs is 2. The first-order valence-corrected chi connectivity index (χ1v) is 9.90. The Hall–Kier alpha value is -3.15. The summed E-state index contributed by atoms with van der Waals surface area (Å²) in [7, 11) is 1.67. The van der Waals surface area contributed by atoms with Gasteiger partial charge in [0.25, 0.3) is 5.91 Å². The molecule has 1 atom stereocenters. The van der Waals surface area contributed by atoms with Crippen LogP contribution in [0, 0.1) is 0 Å². The maximum absolute atomic E-state index is 12.7. The van der Waals surface area contributed by atoms with Crippen LogP contribution in [0.3, 0.4) is 0 Å². The van der Waals surface area contributed by atoms with Crippen molar-refractivity contribution in [1.82, 2.24) is 4.90 Å². The number of Topliss-reactive ketones (excluding diaryl/α,β-unsaturated/α-hetero) is 1. The molecule has 2 aromatic carbocycles. The normalized spacial score (nSPS) is 18.0. The fourth-order valence-electron chi connectivity index (χ4n) is 3.92. The molecule has 2 aliphatic heterocycles. The molecule has 6 nitrogen and oxygen atoms in total. The van der Waals surface area contributed by atoms with Crippen molar-refractivity contribution in [3.63, 3.8) is 0 Å². The lowest BCUT2D eigenvalue weighted by Gasteiger charge is -2.30. The summed E-state index contributed by atoms with van der Waals surface area (Å²) in [6.45, 7) is 2.99. The molecular formula is C23H24N2O4. The second kappa shape index (κ2) is 7.70. The Kier molecular flexibility index (Phi) is 5.09. The monoisotopic (exact) mass is 392 g/mol. The molecule has 0 fully saturated rings. The number of benzene rings is 2. The molecule has 0 aromatic heterocycles.